The zero-order valence-corrected chi connectivity index (χ0v) is 17.4. The lowest BCUT2D eigenvalue weighted by molar-refractivity contribution is -0.516. The summed E-state index contributed by atoms with van der Waals surface area (Å²) < 4.78 is 9.59. The number of rotatable bonds is 4. The predicted octanol–water partition coefficient (Wildman–Crippen LogP) is 1.27. The molecule has 0 unspecified atom stereocenters. The number of benzene rings is 1. The summed E-state index contributed by atoms with van der Waals surface area (Å²) in [6.07, 6.45) is 3.04. The van der Waals surface area contributed by atoms with Crippen molar-refractivity contribution in [3.05, 3.63) is 87.3 Å². The molecule has 0 bridgehead atoms. The molecule has 0 aliphatic heterocycles. The third-order valence-corrected chi connectivity index (χ3v) is 5.38. The van der Waals surface area contributed by atoms with E-state index in [0.29, 0.717) is 33.9 Å². The molecule has 10 nitrogen and oxygen atoms in total. The van der Waals surface area contributed by atoms with Crippen molar-refractivity contribution in [3.8, 4) is 22.4 Å². The number of oxazole rings is 1. The SMILES string of the molecule is Cc1ncoc1Cn1[nH]c2c(-c3ccc(=O)n(C)c3)c(-c3ccccc3)nc(N)[n+]2c1=O. The van der Waals surface area contributed by atoms with Gasteiger partial charge in [-0.25, -0.2) is 14.9 Å². The number of anilines is 1. The van der Waals surface area contributed by atoms with E-state index in [0.717, 1.165) is 5.56 Å². The van der Waals surface area contributed by atoms with Crippen LogP contribution >= 0.6 is 0 Å². The number of H-pyrrole nitrogens is 1. The Hall–Kier alpha value is -4.47. The van der Waals surface area contributed by atoms with Crippen LogP contribution in [0, 0.1) is 6.92 Å². The van der Waals surface area contributed by atoms with Crippen LogP contribution in [0.5, 0.6) is 0 Å². The van der Waals surface area contributed by atoms with Crippen molar-refractivity contribution in [2.75, 3.05) is 5.73 Å². The van der Waals surface area contributed by atoms with Gasteiger partial charge < -0.3 is 14.7 Å². The van der Waals surface area contributed by atoms with Crippen molar-refractivity contribution >= 4 is 11.6 Å². The number of aromatic nitrogens is 6. The van der Waals surface area contributed by atoms with E-state index in [1.807, 2.05) is 30.3 Å². The van der Waals surface area contributed by atoms with Gasteiger partial charge in [0.2, 0.25) is 11.2 Å². The van der Waals surface area contributed by atoms with Crippen molar-refractivity contribution in [3.63, 3.8) is 0 Å². The first-order chi connectivity index (χ1) is 15.4. The third kappa shape index (κ3) is 3.09. The zero-order valence-electron chi connectivity index (χ0n) is 17.4. The predicted molar refractivity (Wildman–Crippen MR) is 117 cm³/mol. The minimum absolute atomic E-state index is 0.0433. The topological polar surface area (TPSA) is 129 Å². The van der Waals surface area contributed by atoms with Gasteiger partial charge in [0.05, 0.1) is 11.3 Å². The van der Waals surface area contributed by atoms with E-state index >= 15 is 0 Å². The molecule has 0 aliphatic rings. The van der Waals surface area contributed by atoms with E-state index in [9.17, 15) is 9.59 Å². The standard InChI is InChI=1S/C22H19N7O3/c1-13-16(32-12-24-13)11-28-22(31)29-20(26-28)18(15-8-9-17(30)27(2)10-15)19(25-21(29)23)14-6-4-3-5-7-14/h3-10,12H,11H2,1-2H3,(H2,23,25,26)/p+1. The van der Waals surface area contributed by atoms with Gasteiger partial charge in [-0.1, -0.05) is 30.3 Å². The molecule has 0 radical (unpaired) electrons. The molecule has 5 rings (SSSR count). The fourth-order valence-electron chi connectivity index (χ4n) is 3.70. The Balaban J connectivity index is 1.84. The van der Waals surface area contributed by atoms with Crippen LogP contribution in [0.25, 0.3) is 28.0 Å². The average molecular weight is 430 g/mol. The van der Waals surface area contributed by atoms with Gasteiger partial charge in [0.25, 0.3) is 0 Å². The lowest BCUT2D eigenvalue weighted by Gasteiger charge is -2.09. The summed E-state index contributed by atoms with van der Waals surface area (Å²) in [6, 6.07) is 12.7. The van der Waals surface area contributed by atoms with E-state index in [2.05, 4.69) is 15.1 Å². The Morgan fingerprint density at radius 3 is 2.59 bits per heavy atom. The smallest absolute Gasteiger partial charge is 0.428 e. The Labute approximate surface area is 181 Å². The summed E-state index contributed by atoms with van der Waals surface area (Å²) in [7, 11) is 1.67. The maximum Gasteiger partial charge on any atom is 0.428 e. The molecule has 0 fully saturated rings. The molecular formula is C22H20N7O3+. The second kappa shape index (κ2) is 7.34. The maximum absolute atomic E-state index is 13.2. The van der Waals surface area contributed by atoms with Gasteiger partial charge in [-0.3, -0.25) is 4.79 Å². The van der Waals surface area contributed by atoms with Crippen LogP contribution in [0.1, 0.15) is 11.5 Å². The highest BCUT2D eigenvalue weighted by Gasteiger charge is 2.26. The van der Waals surface area contributed by atoms with Gasteiger partial charge in [-0.05, 0) is 13.0 Å². The molecule has 3 N–H and O–H groups in total. The van der Waals surface area contributed by atoms with Crippen LogP contribution in [0.4, 0.5) is 5.95 Å². The minimum atomic E-state index is -0.397. The Morgan fingerprint density at radius 2 is 1.91 bits per heavy atom. The third-order valence-electron chi connectivity index (χ3n) is 5.38. The van der Waals surface area contributed by atoms with Crippen LogP contribution in [-0.2, 0) is 13.6 Å². The van der Waals surface area contributed by atoms with Crippen molar-refractivity contribution in [1.29, 1.82) is 0 Å². The van der Waals surface area contributed by atoms with Crippen LogP contribution in [0.15, 0.2) is 69.1 Å². The van der Waals surface area contributed by atoms with Gasteiger partial charge in [0.15, 0.2) is 12.2 Å². The quantitative estimate of drug-likeness (QED) is 0.413. The lowest BCUT2D eigenvalue weighted by atomic mass is 10.0. The summed E-state index contributed by atoms with van der Waals surface area (Å²) in [5.41, 5.74) is 9.61. The van der Waals surface area contributed by atoms with Crippen LogP contribution in [-0.4, -0.2) is 24.3 Å². The summed E-state index contributed by atoms with van der Waals surface area (Å²) in [4.78, 5) is 33.8. The highest BCUT2D eigenvalue weighted by Crippen LogP contribution is 2.32. The molecule has 0 spiro atoms. The summed E-state index contributed by atoms with van der Waals surface area (Å²) in [6.45, 7) is 1.96. The van der Waals surface area contributed by atoms with Crippen molar-refractivity contribution in [2.45, 2.75) is 13.5 Å². The monoisotopic (exact) mass is 430 g/mol. The van der Waals surface area contributed by atoms with Crippen molar-refractivity contribution in [2.24, 2.45) is 7.05 Å². The number of hydrogen-bond donors (Lipinski definition) is 2. The second-order valence-electron chi connectivity index (χ2n) is 7.45. The van der Waals surface area contributed by atoms with Crippen molar-refractivity contribution < 1.29 is 8.82 Å². The van der Waals surface area contributed by atoms with Crippen LogP contribution in [0.3, 0.4) is 0 Å². The molecule has 0 aliphatic carbocycles. The van der Waals surface area contributed by atoms with Crippen molar-refractivity contribution in [1.82, 2.24) is 24.3 Å². The summed E-state index contributed by atoms with van der Waals surface area (Å²) in [5, 5.41) is 3.15. The molecule has 1 aromatic carbocycles. The van der Waals surface area contributed by atoms with Gasteiger partial charge >= 0.3 is 11.6 Å². The van der Waals surface area contributed by atoms with Gasteiger partial charge in [-0.15, -0.1) is 9.38 Å². The molecule has 5 aromatic rings. The largest absolute Gasteiger partial charge is 0.445 e. The fourth-order valence-corrected chi connectivity index (χ4v) is 3.70. The highest BCUT2D eigenvalue weighted by molar-refractivity contribution is 5.88. The molecule has 0 saturated carbocycles. The van der Waals surface area contributed by atoms with E-state index in [-0.39, 0.29) is 18.1 Å². The minimum Gasteiger partial charge on any atom is -0.445 e. The van der Waals surface area contributed by atoms with E-state index < -0.39 is 5.69 Å². The first-order valence-electron chi connectivity index (χ1n) is 9.89. The first-order valence-corrected chi connectivity index (χ1v) is 9.89. The summed E-state index contributed by atoms with van der Waals surface area (Å²) in [5.74, 6) is 0.597. The van der Waals surface area contributed by atoms with E-state index in [1.54, 1.807) is 26.2 Å². The van der Waals surface area contributed by atoms with Crippen LogP contribution < -0.4 is 21.4 Å². The number of nitrogens with zero attached hydrogens (tertiary/aromatic N) is 5. The van der Waals surface area contributed by atoms with Gasteiger partial charge in [-0.2, -0.15) is 4.68 Å². The number of aromatic amines is 1. The molecular weight excluding hydrogens is 410 g/mol. The number of hydrogen-bond acceptors (Lipinski definition) is 6. The van der Waals surface area contributed by atoms with E-state index in [1.165, 1.54) is 26.1 Å². The molecule has 10 heteroatoms. The fraction of sp³-hybridized carbons (Fsp3) is 0.136. The summed E-state index contributed by atoms with van der Waals surface area (Å²) >= 11 is 0. The number of nitrogen functional groups attached to an aromatic ring is 1. The molecule has 0 saturated heterocycles. The second-order valence-corrected chi connectivity index (χ2v) is 7.45. The molecule has 160 valence electrons. The van der Waals surface area contributed by atoms with Gasteiger partial charge in [0.1, 0.15) is 12.2 Å². The molecule has 4 heterocycles. The lowest BCUT2D eigenvalue weighted by Crippen LogP contribution is -2.44. The number of aryl methyl sites for hydroxylation is 2. The maximum atomic E-state index is 13.2. The Bertz CT molecular complexity index is 1580. The van der Waals surface area contributed by atoms with E-state index in [4.69, 9.17) is 10.2 Å². The molecule has 0 amide bonds. The zero-order chi connectivity index (χ0) is 22.4. The number of fused-ring (bicyclic) bond motifs is 1. The molecule has 32 heavy (non-hydrogen) atoms. The molecule has 0 atom stereocenters. The average Bonchev–Trinajstić information content (AvgIpc) is 3.34. The number of nitrogens with one attached hydrogen (secondary N) is 1. The number of nitrogens with two attached hydrogens (primary N) is 1. The molecule has 4 aromatic heterocycles. The Morgan fingerprint density at radius 1 is 1.12 bits per heavy atom. The number of pyridine rings is 1. The Kier molecular flexibility index (Phi) is 4.47. The highest BCUT2D eigenvalue weighted by atomic mass is 16.3. The van der Waals surface area contributed by atoms with Crippen LogP contribution in [0.2, 0.25) is 0 Å². The van der Waals surface area contributed by atoms with Gasteiger partial charge in [0, 0.05) is 30.4 Å². The first kappa shape index (κ1) is 19.5. The normalized spacial score (nSPS) is 11.3.